The number of carboxylic acid groups (broad SMARTS) is 1. The van der Waals surface area contributed by atoms with Crippen molar-refractivity contribution in [3.05, 3.63) is 75.0 Å². The summed E-state index contributed by atoms with van der Waals surface area (Å²) in [5, 5.41) is 23.7. The van der Waals surface area contributed by atoms with Gasteiger partial charge in [-0.15, -0.1) is 0 Å². The SMILES string of the molecule is O=C(O)c1c(-c2ccc(Cl)cc2)csc1[NH+]([O-])Cc1ccc(C(F)(F)F)nc1. The van der Waals surface area contributed by atoms with Gasteiger partial charge in [-0.1, -0.05) is 35.1 Å². The van der Waals surface area contributed by atoms with Crippen LogP contribution >= 0.6 is 22.9 Å². The van der Waals surface area contributed by atoms with Gasteiger partial charge in [0.1, 0.15) is 17.8 Å². The number of carbonyl (C=O) groups is 1. The molecule has 2 aromatic heterocycles. The minimum atomic E-state index is -4.57. The lowest BCUT2D eigenvalue weighted by molar-refractivity contribution is -0.788. The highest BCUT2D eigenvalue weighted by Crippen LogP contribution is 2.34. The van der Waals surface area contributed by atoms with E-state index in [1.165, 1.54) is 0 Å². The number of halogens is 4. The molecule has 0 saturated carbocycles. The van der Waals surface area contributed by atoms with E-state index in [0.29, 0.717) is 16.1 Å². The highest BCUT2D eigenvalue weighted by molar-refractivity contribution is 7.14. The predicted octanol–water partition coefficient (Wildman–Crippen LogP) is 4.39. The molecule has 0 aliphatic rings. The Hall–Kier alpha value is -2.46. The number of carboxylic acids is 1. The van der Waals surface area contributed by atoms with Gasteiger partial charge in [-0.2, -0.15) is 13.2 Å². The van der Waals surface area contributed by atoms with E-state index in [2.05, 4.69) is 4.98 Å². The molecule has 0 spiro atoms. The first-order chi connectivity index (χ1) is 13.2. The number of hydroxylamine groups is 1. The molecule has 1 atom stereocenters. The van der Waals surface area contributed by atoms with E-state index in [-0.39, 0.29) is 22.7 Å². The number of thiophene rings is 1. The summed E-state index contributed by atoms with van der Waals surface area (Å²) in [4.78, 5) is 15.1. The van der Waals surface area contributed by atoms with Gasteiger partial charge in [-0.3, -0.25) is 4.98 Å². The molecule has 3 rings (SSSR count). The van der Waals surface area contributed by atoms with E-state index in [1.54, 1.807) is 29.6 Å². The van der Waals surface area contributed by atoms with Crippen LogP contribution in [-0.2, 0) is 12.7 Å². The Bertz CT molecular complexity index is 989. The fraction of sp³-hybridized carbons (Fsp3) is 0.111. The number of hydrogen-bond acceptors (Lipinski definition) is 4. The average Bonchev–Trinajstić information content (AvgIpc) is 3.07. The number of rotatable bonds is 5. The molecule has 5 nitrogen and oxygen atoms in total. The van der Waals surface area contributed by atoms with Crippen LogP contribution in [0.15, 0.2) is 48.0 Å². The summed E-state index contributed by atoms with van der Waals surface area (Å²) < 4.78 is 37.7. The number of pyridine rings is 1. The van der Waals surface area contributed by atoms with E-state index in [4.69, 9.17) is 11.6 Å². The summed E-state index contributed by atoms with van der Waals surface area (Å²) in [5.41, 5.74) is 0.0282. The van der Waals surface area contributed by atoms with Crippen LogP contribution in [0.3, 0.4) is 0 Å². The van der Waals surface area contributed by atoms with Crippen LogP contribution in [0, 0.1) is 5.21 Å². The van der Waals surface area contributed by atoms with Crippen molar-refractivity contribution in [1.29, 1.82) is 0 Å². The standard InChI is InChI=1S/C18H12ClF3N2O3S/c19-12-4-2-11(3-5-12)13-9-28-16(15(13)17(25)26)24(27)8-10-1-6-14(23-7-10)18(20,21)22/h1-7,9,24H,8H2,(H,25,26). The van der Waals surface area contributed by atoms with Gasteiger partial charge in [0.25, 0.3) is 0 Å². The Balaban J connectivity index is 1.88. The molecule has 2 N–H and O–H groups in total. The molecular formula is C18H12ClF3N2O3S. The average molecular weight is 429 g/mol. The van der Waals surface area contributed by atoms with Crippen molar-refractivity contribution in [2.45, 2.75) is 12.7 Å². The Morgan fingerprint density at radius 3 is 2.43 bits per heavy atom. The molecule has 146 valence electrons. The molecule has 10 heteroatoms. The summed E-state index contributed by atoms with van der Waals surface area (Å²) in [6.45, 7) is -0.258. The van der Waals surface area contributed by atoms with Crippen LogP contribution < -0.4 is 5.06 Å². The molecule has 0 bridgehead atoms. The third kappa shape index (κ3) is 4.33. The molecular weight excluding hydrogens is 417 g/mol. The van der Waals surface area contributed by atoms with Gasteiger partial charge in [-0.05, 0) is 29.8 Å². The topological polar surface area (TPSA) is 77.7 Å². The van der Waals surface area contributed by atoms with Crippen LogP contribution in [0.25, 0.3) is 11.1 Å². The van der Waals surface area contributed by atoms with Gasteiger partial charge in [0, 0.05) is 27.7 Å². The normalized spacial score (nSPS) is 12.8. The number of benzene rings is 1. The van der Waals surface area contributed by atoms with Crippen molar-refractivity contribution in [3.8, 4) is 11.1 Å². The number of quaternary nitrogens is 1. The zero-order valence-electron chi connectivity index (χ0n) is 14.0. The number of alkyl halides is 3. The Morgan fingerprint density at radius 1 is 1.21 bits per heavy atom. The molecule has 0 aliphatic heterocycles. The van der Waals surface area contributed by atoms with Gasteiger partial charge in [0.2, 0.25) is 5.00 Å². The van der Waals surface area contributed by atoms with Gasteiger partial charge in [0.15, 0.2) is 0 Å². The first-order valence-electron chi connectivity index (χ1n) is 7.83. The van der Waals surface area contributed by atoms with Crippen molar-refractivity contribution in [2.24, 2.45) is 0 Å². The van der Waals surface area contributed by atoms with Crippen molar-refractivity contribution >= 4 is 33.9 Å². The Labute approximate surface area is 166 Å². The molecule has 0 amide bonds. The summed E-state index contributed by atoms with van der Waals surface area (Å²) >= 11 is 6.82. The Morgan fingerprint density at radius 2 is 1.89 bits per heavy atom. The zero-order chi connectivity index (χ0) is 20.5. The van der Waals surface area contributed by atoms with Gasteiger partial charge >= 0.3 is 12.1 Å². The lowest BCUT2D eigenvalue weighted by Crippen LogP contribution is -3.00. The summed E-state index contributed by atoms with van der Waals surface area (Å²) in [6.07, 6.45) is -3.60. The third-order valence-electron chi connectivity index (χ3n) is 3.89. The first-order valence-corrected chi connectivity index (χ1v) is 9.08. The largest absolute Gasteiger partial charge is 0.628 e. The van der Waals surface area contributed by atoms with Crippen LogP contribution in [0.1, 0.15) is 21.6 Å². The molecule has 28 heavy (non-hydrogen) atoms. The lowest BCUT2D eigenvalue weighted by atomic mass is 10.0. The fourth-order valence-corrected chi connectivity index (χ4v) is 3.71. The second kappa shape index (κ2) is 7.88. The lowest BCUT2D eigenvalue weighted by Gasteiger charge is -2.21. The molecule has 0 saturated heterocycles. The van der Waals surface area contributed by atoms with Crippen LogP contribution in [0.4, 0.5) is 18.2 Å². The van der Waals surface area contributed by atoms with E-state index in [9.17, 15) is 28.3 Å². The second-order valence-electron chi connectivity index (χ2n) is 5.81. The van der Waals surface area contributed by atoms with Crippen molar-refractivity contribution in [2.75, 3.05) is 0 Å². The van der Waals surface area contributed by atoms with Crippen LogP contribution in [0.2, 0.25) is 5.02 Å². The smallest absolute Gasteiger partial charge is 0.433 e. The molecule has 2 heterocycles. The molecule has 1 aromatic carbocycles. The fourth-order valence-electron chi connectivity index (χ4n) is 2.58. The predicted molar refractivity (Wildman–Crippen MR) is 98.7 cm³/mol. The molecule has 0 fully saturated rings. The van der Waals surface area contributed by atoms with Gasteiger partial charge in [0.05, 0.1) is 0 Å². The van der Waals surface area contributed by atoms with Crippen molar-refractivity contribution in [1.82, 2.24) is 4.98 Å². The maximum absolute atomic E-state index is 12.6. The van der Waals surface area contributed by atoms with E-state index < -0.39 is 22.9 Å². The minimum absolute atomic E-state index is 0.0253. The van der Waals surface area contributed by atoms with Crippen LogP contribution in [0.5, 0.6) is 0 Å². The minimum Gasteiger partial charge on any atom is -0.628 e. The number of nitrogens with one attached hydrogen (secondary N) is 1. The molecule has 1 unspecified atom stereocenters. The van der Waals surface area contributed by atoms with E-state index in [0.717, 1.165) is 29.7 Å². The zero-order valence-corrected chi connectivity index (χ0v) is 15.5. The summed E-state index contributed by atoms with van der Waals surface area (Å²) in [7, 11) is 0. The monoisotopic (exact) mass is 428 g/mol. The highest BCUT2D eigenvalue weighted by atomic mass is 35.5. The summed E-state index contributed by atoms with van der Waals surface area (Å²) in [5.74, 6) is -1.26. The number of aromatic nitrogens is 1. The maximum Gasteiger partial charge on any atom is 0.433 e. The maximum atomic E-state index is 12.6. The molecule has 3 aromatic rings. The number of hydrogen-bond donors (Lipinski definition) is 2. The van der Waals surface area contributed by atoms with Crippen LogP contribution in [-0.4, -0.2) is 16.1 Å². The quantitative estimate of drug-likeness (QED) is 0.591. The van der Waals surface area contributed by atoms with Gasteiger partial charge in [-0.25, -0.2) is 4.79 Å². The molecule has 0 aliphatic carbocycles. The van der Waals surface area contributed by atoms with Crippen molar-refractivity contribution < 1.29 is 28.1 Å². The third-order valence-corrected chi connectivity index (χ3v) is 5.17. The number of aromatic carboxylic acids is 1. The number of nitrogens with zero attached hydrogens (tertiary/aromatic N) is 1. The second-order valence-corrected chi connectivity index (χ2v) is 7.13. The van der Waals surface area contributed by atoms with Crippen molar-refractivity contribution in [3.63, 3.8) is 0 Å². The molecule has 0 radical (unpaired) electrons. The van der Waals surface area contributed by atoms with E-state index in [1.807, 2.05) is 0 Å². The van der Waals surface area contributed by atoms with Gasteiger partial charge < -0.3 is 15.4 Å². The highest BCUT2D eigenvalue weighted by Gasteiger charge is 2.32. The summed E-state index contributed by atoms with van der Waals surface area (Å²) in [6, 6.07) is 8.44. The first kappa shape index (κ1) is 20.3. The van der Waals surface area contributed by atoms with E-state index >= 15 is 0 Å². The Kier molecular flexibility index (Phi) is 5.71.